The Labute approximate surface area is 186 Å². The molecule has 4 aromatic rings. The Hall–Kier alpha value is -2.79. The molecule has 1 aliphatic carbocycles. The minimum absolute atomic E-state index is 0.178. The summed E-state index contributed by atoms with van der Waals surface area (Å²) in [6, 6.07) is 21.3. The van der Waals surface area contributed by atoms with Gasteiger partial charge in [-0.1, -0.05) is 61.2 Å². The number of esters is 1. The minimum Gasteiger partial charge on any atom is -0.465 e. The van der Waals surface area contributed by atoms with Crippen LogP contribution in [-0.4, -0.2) is 27.4 Å². The Balaban J connectivity index is 1.69. The number of benzene rings is 3. The van der Waals surface area contributed by atoms with E-state index in [1.807, 2.05) is 32.0 Å². The third-order valence-electron chi connectivity index (χ3n) is 5.89. The molecule has 1 unspecified atom stereocenters. The first kappa shape index (κ1) is 20.1. The molecule has 1 heterocycles. The first-order chi connectivity index (χ1) is 15.2. The fraction of sp³-hybridized carbons (Fsp3) is 0.308. The van der Waals surface area contributed by atoms with E-state index in [0.717, 1.165) is 21.9 Å². The fourth-order valence-electron chi connectivity index (χ4n) is 4.23. The lowest BCUT2D eigenvalue weighted by molar-refractivity contribution is -0.142. The smallest absolute Gasteiger partial charge is 0.319 e. The molecule has 0 N–H and O–H groups in total. The van der Waals surface area contributed by atoms with Crippen LogP contribution in [0.25, 0.3) is 27.5 Å². The lowest BCUT2D eigenvalue weighted by atomic mass is 9.99. The fourth-order valence-corrected chi connectivity index (χ4v) is 5.27. The first-order valence-corrected chi connectivity index (χ1v) is 11.9. The molecule has 5 heteroatoms. The van der Waals surface area contributed by atoms with E-state index in [1.54, 1.807) is 0 Å². The highest BCUT2D eigenvalue weighted by molar-refractivity contribution is 8.00. The molecule has 1 fully saturated rings. The summed E-state index contributed by atoms with van der Waals surface area (Å²) in [5.41, 5.74) is 4.53. The van der Waals surface area contributed by atoms with Crippen molar-refractivity contribution in [1.82, 2.24) is 9.55 Å². The highest BCUT2D eigenvalue weighted by atomic mass is 32.2. The summed E-state index contributed by atoms with van der Waals surface area (Å²) in [6.45, 7) is 4.25. The SMILES string of the molecule is CCOC(=O)C(CC)Sc1nc2ccccc2n1-c1ccc(C2CC2)c2ccccc12. The van der Waals surface area contributed by atoms with Gasteiger partial charge in [-0.3, -0.25) is 9.36 Å². The van der Waals surface area contributed by atoms with Crippen molar-refractivity contribution >= 4 is 39.5 Å². The molecule has 0 saturated heterocycles. The van der Waals surface area contributed by atoms with E-state index >= 15 is 0 Å². The Bertz CT molecular complexity index is 1260. The van der Waals surface area contributed by atoms with Crippen molar-refractivity contribution in [2.45, 2.75) is 49.4 Å². The molecule has 1 aromatic heterocycles. The number of aromatic nitrogens is 2. The van der Waals surface area contributed by atoms with Crippen LogP contribution in [0.5, 0.6) is 0 Å². The molecule has 1 saturated carbocycles. The van der Waals surface area contributed by atoms with Gasteiger partial charge in [-0.05, 0) is 61.3 Å². The van der Waals surface area contributed by atoms with Crippen molar-refractivity contribution in [3.05, 3.63) is 66.2 Å². The normalized spacial score (nSPS) is 14.8. The van der Waals surface area contributed by atoms with Gasteiger partial charge in [-0.15, -0.1) is 0 Å². The van der Waals surface area contributed by atoms with E-state index < -0.39 is 0 Å². The summed E-state index contributed by atoms with van der Waals surface area (Å²) in [7, 11) is 0. The Morgan fingerprint density at radius 1 is 1.06 bits per heavy atom. The molecular formula is C26H26N2O2S. The third kappa shape index (κ3) is 3.72. The van der Waals surface area contributed by atoms with Crippen LogP contribution in [0.1, 0.15) is 44.6 Å². The van der Waals surface area contributed by atoms with Crippen LogP contribution >= 0.6 is 11.8 Å². The second-order valence-electron chi connectivity index (χ2n) is 7.98. The molecule has 1 aliphatic rings. The second-order valence-corrected chi connectivity index (χ2v) is 9.15. The second kappa shape index (κ2) is 8.39. The molecule has 5 rings (SSSR count). The van der Waals surface area contributed by atoms with E-state index in [1.165, 1.54) is 40.9 Å². The number of nitrogens with zero attached hydrogens (tertiary/aromatic N) is 2. The van der Waals surface area contributed by atoms with E-state index in [-0.39, 0.29) is 11.2 Å². The lowest BCUT2D eigenvalue weighted by Crippen LogP contribution is -2.20. The minimum atomic E-state index is -0.285. The zero-order valence-corrected chi connectivity index (χ0v) is 18.7. The van der Waals surface area contributed by atoms with Crippen LogP contribution in [-0.2, 0) is 9.53 Å². The first-order valence-electron chi connectivity index (χ1n) is 11.0. The molecule has 158 valence electrons. The number of carbonyl (C=O) groups is 1. The van der Waals surface area contributed by atoms with Gasteiger partial charge in [0.25, 0.3) is 0 Å². The number of para-hydroxylation sites is 2. The summed E-state index contributed by atoms with van der Waals surface area (Å²) in [5.74, 6) is 0.503. The molecule has 0 aliphatic heterocycles. The van der Waals surface area contributed by atoms with Crippen LogP contribution < -0.4 is 0 Å². The number of imidazole rings is 1. The van der Waals surface area contributed by atoms with Crippen molar-refractivity contribution in [2.75, 3.05) is 6.61 Å². The van der Waals surface area contributed by atoms with Crippen molar-refractivity contribution in [2.24, 2.45) is 0 Å². The van der Waals surface area contributed by atoms with E-state index in [0.29, 0.717) is 18.9 Å². The Kier molecular flexibility index (Phi) is 5.45. The molecule has 4 nitrogen and oxygen atoms in total. The Morgan fingerprint density at radius 3 is 2.55 bits per heavy atom. The number of rotatable bonds is 7. The zero-order chi connectivity index (χ0) is 21.4. The number of carbonyl (C=O) groups excluding carboxylic acids is 1. The quantitative estimate of drug-likeness (QED) is 0.248. The summed E-state index contributed by atoms with van der Waals surface area (Å²) in [6.07, 6.45) is 3.24. The van der Waals surface area contributed by atoms with Crippen molar-refractivity contribution in [3.63, 3.8) is 0 Å². The lowest BCUT2D eigenvalue weighted by Gasteiger charge is -2.17. The maximum Gasteiger partial charge on any atom is 0.319 e. The molecule has 0 bridgehead atoms. The van der Waals surface area contributed by atoms with Gasteiger partial charge in [0.05, 0.1) is 23.3 Å². The van der Waals surface area contributed by atoms with Gasteiger partial charge in [0, 0.05) is 5.39 Å². The van der Waals surface area contributed by atoms with Crippen LogP contribution in [0.4, 0.5) is 0 Å². The third-order valence-corrected chi connectivity index (χ3v) is 7.19. The molecular weight excluding hydrogens is 404 g/mol. The zero-order valence-electron chi connectivity index (χ0n) is 17.9. The van der Waals surface area contributed by atoms with E-state index in [9.17, 15) is 4.79 Å². The van der Waals surface area contributed by atoms with Crippen molar-refractivity contribution in [3.8, 4) is 5.69 Å². The highest BCUT2D eigenvalue weighted by Crippen LogP contribution is 2.44. The molecule has 1 atom stereocenters. The van der Waals surface area contributed by atoms with Crippen molar-refractivity contribution in [1.29, 1.82) is 0 Å². The molecule has 0 amide bonds. The molecule has 0 radical (unpaired) electrons. The van der Waals surface area contributed by atoms with Crippen LogP contribution in [0.15, 0.2) is 65.8 Å². The van der Waals surface area contributed by atoms with Crippen molar-refractivity contribution < 1.29 is 9.53 Å². The number of ether oxygens (including phenoxy) is 1. The number of hydrogen-bond acceptors (Lipinski definition) is 4. The number of fused-ring (bicyclic) bond motifs is 2. The maximum atomic E-state index is 12.5. The topological polar surface area (TPSA) is 44.1 Å². The van der Waals surface area contributed by atoms with Gasteiger partial charge in [-0.25, -0.2) is 4.98 Å². The van der Waals surface area contributed by atoms with Gasteiger partial charge in [0.2, 0.25) is 0 Å². The van der Waals surface area contributed by atoms with Gasteiger partial charge in [0.1, 0.15) is 5.25 Å². The molecule has 0 spiro atoms. The molecule has 31 heavy (non-hydrogen) atoms. The average molecular weight is 431 g/mol. The standard InChI is InChI=1S/C26H26N2O2S/c1-3-24(25(29)30-4-2)31-26-27-21-11-7-8-12-23(21)28(26)22-16-15-18(17-13-14-17)19-9-5-6-10-20(19)22/h5-12,15-17,24H,3-4,13-14H2,1-2H3. The van der Waals surface area contributed by atoms with Crippen LogP contribution in [0, 0.1) is 0 Å². The summed E-state index contributed by atoms with van der Waals surface area (Å²) in [4.78, 5) is 17.4. The highest BCUT2D eigenvalue weighted by Gasteiger charge is 2.27. The molecule has 3 aromatic carbocycles. The predicted octanol–water partition coefficient (Wildman–Crippen LogP) is 6.49. The van der Waals surface area contributed by atoms with Crippen LogP contribution in [0.3, 0.4) is 0 Å². The summed E-state index contributed by atoms with van der Waals surface area (Å²) >= 11 is 1.49. The monoisotopic (exact) mass is 430 g/mol. The average Bonchev–Trinajstić information content (AvgIpc) is 3.57. The summed E-state index contributed by atoms with van der Waals surface area (Å²) in [5, 5.41) is 3.08. The Morgan fingerprint density at radius 2 is 1.81 bits per heavy atom. The largest absolute Gasteiger partial charge is 0.465 e. The maximum absolute atomic E-state index is 12.5. The van der Waals surface area contributed by atoms with Gasteiger partial charge < -0.3 is 4.74 Å². The number of thioether (sulfide) groups is 1. The number of hydrogen-bond donors (Lipinski definition) is 0. The van der Waals surface area contributed by atoms with Gasteiger partial charge >= 0.3 is 5.97 Å². The van der Waals surface area contributed by atoms with Gasteiger partial charge in [0.15, 0.2) is 5.16 Å². The van der Waals surface area contributed by atoms with Crippen LogP contribution in [0.2, 0.25) is 0 Å². The van der Waals surface area contributed by atoms with Gasteiger partial charge in [-0.2, -0.15) is 0 Å². The predicted molar refractivity (Wildman–Crippen MR) is 127 cm³/mol. The van der Waals surface area contributed by atoms with E-state index in [4.69, 9.17) is 9.72 Å². The summed E-state index contributed by atoms with van der Waals surface area (Å²) < 4.78 is 7.52. The van der Waals surface area contributed by atoms with E-state index in [2.05, 4.69) is 47.0 Å².